The monoisotopic (exact) mass is 384 g/mol. The van der Waals surface area contributed by atoms with Crippen LogP contribution in [-0.4, -0.2) is 36.7 Å². The Morgan fingerprint density at radius 2 is 1.96 bits per heavy atom. The fourth-order valence-corrected chi connectivity index (χ4v) is 3.64. The molecule has 1 heterocycles. The molecule has 2 amide bonds. The first-order valence-corrected chi connectivity index (χ1v) is 9.47. The minimum atomic E-state index is -0.469. The van der Waals surface area contributed by atoms with Gasteiger partial charge in [-0.2, -0.15) is 0 Å². The molecule has 0 bridgehead atoms. The van der Waals surface area contributed by atoms with E-state index in [0.29, 0.717) is 11.4 Å². The van der Waals surface area contributed by atoms with Gasteiger partial charge in [0.15, 0.2) is 6.61 Å². The van der Waals surface area contributed by atoms with Gasteiger partial charge in [-0.05, 0) is 37.6 Å². The van der Waals surface area contributed by atoms with E-state index in [9.17, 15) is 14.4 Å². The molecule has 0 saturated heterocycles. The van der Waals surface area contributed by atoms with Gasteiger partial charge in [0.1, 0.15) is 6.54 Å². The molecule has 2 aromatic carbocycles. The van der Waals surface area contributed by atoms with Crippen molar-refractivity contribution in [3.8, 4) is 0 Å². The molecule has 0 aliphatic carbocycles. The van der Waals surface area contributed by atoms with Crippen molar-refractivity contribution < 1.29 is 19.1 Å². The van der Waals surface area contributed by atoms with Crippen LogP contribution in [0.3, 0.4) is 0 Å². The van der Waals surface area contributed by atoms with E-state index in [-0.39, 0.29) is 18.2 Å². The molecule has 1 aliphatic rings. The second kappa shape index (κ2) is 8.26. The molecular formula is C20H20N2O4S. The van der Waals surface area contributed by atoms with E-state index >= 15 is 0 Å². The van der Waals surface area contributed by atoms with Crippen LogP contribution in [0.4, 0.5) is 11.4 Å². The normalized spacial score (nSPS) is 13.0. The van der Waals surface area contributed by atoms with E-state index in [1.165, 1.54) is 16.7 Å². The van der Waals surface area contributed by atoms with Crippen molar-refractivity contribution in [2.75, 3.05) is 29.1 Å². The van der Waals surface area contributed by atoms with Gasteiger partial charge in [0.05, 0.1) is 17.1 Å². The van der Waals surface area contributed by atoms with Crippen molar-refractivity contribution in [3.63, 3.8) is 0 Å². The predicted molar refractivity (Wildman–Crippen MR) is 105 cm³/mol. The summed E-state index contributed by atoms with van der Waals surface area (Å²) in [4.78, 5) is 38.6. The zero-order valence-corrected chi connectivity index (χ0v) is 16.0. The lowest BCUT2D eigenvalue weighted by Gasteiger charge is -2.28. The fourth-order valence-electron chi connectivity index (χ4n) is 2.72. The van der Waals surface area contributed by atoms with E-state index in [2.05, 4.69) is 5.32 Å². The molecule has 1 aliphatic heterocycles. The zero-order valence-electron chi connectivity index (χ0n) is 15.2. The molecule has 1 N–H and O–H groups in total. The summed E-state index contributed by atoms with van der Waals surface area (Å²) in [5, 5.41) is 2.71. The van der Waals surface area contributed by atoms with Crippen LogP contribution in [0, 0.1) is 13.8 Å². The molecule has 7 heteroatoms. The maximum atomic E-state index is 12.4. The van der Waals surface area contributed by atoms with Crippen LogP contribution in [0.5, 0.6) is 0 Å². The van der Waals surface area contributed by atoms with Crippen LogP contribution in [0.15, 0.2) is 47.4 Å². The average molecular weight is 384 g/mol. The van der Waals surface area contributed by atoms with Crippen molar-refractivity contribution in [2.24, 2.45) is 0 Å². The third-order valence-electron chi connectivity index (χ3n) is 4.12. The maximum absolute atomic E-state index is 12.4. The summed E-state index contributed by atoms with van der Waals surface area (Å²) in [6.07, 6.45) is 0. The summed E-state index contributed by atoms with van der Waals surface area (Å²) >= 11 is 1.38. The Morgan fingerprint density at radius 1 is 1.19 bits per heavy atom. The summed E-state index contributed by atoms with van der Waals surface area (Å²) in [6.45, 7) is 3.49. The number of anilines is 2. The van der Waals surface area contributed by atoms with Gasteiger partial charge in [0.2, 0.25) is 5.91 Å². The van der Waals surface area contributed by atoms with Crippen LogP contribution in [-0.2, 0) is 19.1 Å². The largest absolute Gasteiger partial charge is 0.455 e. The number of amides is 2. The molecule has 2 aromatic rings. The SMILES string of the molecule is Cc1ccc(C)c(SCC(=O)OCC(=O)N2CC(=O)Nc3ccccc32)c1. The first-order chi connectivity index (χ1) is 12.9. The number of aryl methyl sites for hydroxylation is 2. The summed E-state index contributed by atoms with van der Waals surface area (Å²) < 4.78 is 5.12. The van der Waals surface area contributed by atoms with Crippen LogP contribution < -0.4 is 10.2 Å². The Kier molecular flexibility index (Phi) is 5.81. The molecule has 3 rings (SSSR count). The van der Waals surface area contributed by atoms with Crippen LogP contribution >= 0.6 is 11.8 Å². The molecule has 0 spiro atoms. The highest BCUT2D eigenvalue weighted by atomic mass is 32.2. The number of nitrogens with zero attached hydrogens (tertiary/aromatic N) is 1. The third kappa shape index (κ3) is 4.68. The van der Waals surface area contributed by atoms with Gasteiger partial charge in [-0.25, -0.2) is 0 Å². The minimum absolute atomic E-state index is 0.0926. The van der Waals surface area contributed by atoms with Crippen LogP contribution in [0.25, 0.3) is 0 Å². The number of esters is 1. The highest BCUT2D eigenvalue weighted by molar-refractivity contribution is 8.00. The summed E-state index contributed by atoms with van der Waals surface area (Å²) in [6, 6.07) is 13.1. The maximum Gasteiger partial charge on any atom is 0.316 e. The Hall–Kier alpha value is -2.80. The van der Waals surface area contributed by atoms with Crippen LogP contribution in [0.2, 0.25) is 0 Å². The first-order valence-electron chi connectivity index (χ1n) is 8.49. The molecule has 0 atom stereocenters. The summed E-state index contributed by atoms with van der Waals surface area (Å²) in [5.74, 6) is -1.06. The number of thioether (sulfide) groups is 1. The topological polar surface area (TPSA) is 75.7 Å². The number of fused-ring (bicyclic) bond motifs is 1. The van der Waals surface area contributed by atoms with Gasteiger partial charge in [0.25, 0.3) is 5.91 Å². The van der Waals surface area contributed by atoms with E-state index in [4.69, 9.17) is 4.74 Å². The molecule has 0 radical (unpaired) electrons. The second-order valence-electron chi connectivity index (χ2n) is 6.26. The van der Waals surface area contributed by atoms with Crippen molar-refractivity contribution in [1.82, 2.24) is 0 Å². The smallest absolute Gasteiger partial charge is 0.316 e. The number of ether oxygens (including phenoxy) is 1. The number of carbonyl (C=O) groups is 3. The number of nitrogens with one attached hydrogen (secondary N) is 1. The Bertz CT molecular complexity index is 897. The van der Waals surface area contributed by atoms with Gasteiger partial charge >= 0.3 is 5.97 Å². The highest BCUT2D eigenvalue weighted by Crippen LogP contribution is 2.29. The number of hydrogen-bond acceptors (Lipinski definition) is 5. The molecule has 6 nitrogen and oxygen atoms in total. The third-order valence-corrected chi connectivity index (χ3v) is 5.25. The second-order valence-corrected chi connectivity index (χ2v) is 7.28. The van der Waals surface area contributed by atoms with Gasteiger partial charge in [-0.1, -0.05) is 29.8 Å². The quantitative estimate of drug-likeness (QED) is 0.634. The Labute approximate surface area is 161 Å². The molecule has 0 aromatic heterocycles. The van der Waals surface area contributed by atoms with Crippen molar-refractivity contribution in [1.29, 1.82) is 0 Å². The van der Waals surface area contributed by atoms with Crippen molar-refractivity contribution in [3.05, 3.63) is 53.6 Å². The lowest BCUT2D eigenvalue weighted by Crippen LogP contribution is -2.44. The van der Waals surface area contributed by atoms with Crippen molar-refractivity contribution in [2.45, 2.75) is 18.7 Å². The Morgan fingerprint density at radius 3 is 2.78 bits per heavy atom. The van der Waals surface area contributed by atoms with Gasteiger partial charge in [-0.3, -0.25) is 19.3 Å². The number of carbonyl (C=O) groups excluding carboxylic acids is 3. The number of rotatable bonds is 5. The molecule has 0 unspecified atom stereocenters. The van der Waals surface area contributed by atoms with Crippen molar-refractivity contribution >= 4 is 40.9 Å². The fraction of sp³-hybridized carbons (Fsp3) is 0.250. The molecule has 0 saturated carbocycles. The lowest BCUT2D eigenvalue weighted by atomic mass is 10.2. The summed E-state index contributed by atoms with van der Waals surface area (Å²) in [7, 11) is 0. The molecule has 0 fully saturated rings. The standard InChI is InChI=1S/C20H20N2O4S/c1-13-7-8-14(2)17(9-13)27-12-20(25)26-11-19(24)22-10-18(23)21-15-5-3-4-6-16(15)22/h3-9H,10-12H2,1-2H3,(H,21,23). The minimum Gasteiger partial charge on any atom is -0.455 e. The van der Waals surface area contributed by atoms with E-state index in [1.807, 2.05) is 32.0 Å². The molecule has 140 valence electrons. The molecule has 27 heavy (non-hydrogen) atoms. The first kappa shape index (κ1) is 19.0. The number of benzene rings is 2. The molecular weight excluding hydrogens is 364 g/mol. The summed E-state index contributed by atoms with van der Waals surface area (Å²) in [5.41, 5.74) is 3.38. The Balaban J connectivity index is 1.55. The van der Waals surface area contributed by atoms with E-state index in [0.717, 1.165) is 16.0 Å². The van der Waals surface area contributed by atoms with Crippen LogP contribution in [0.1, 0.15) is 11.1 Å². The lowest BCUT2D eigenvalue weighted by molar-refractivity contribution is -0.145. The van der Waals surface area contributed by atoms with E-state index < -0.39 is 18.5 Å². The zero-order chi connectivity index (χ0) is 19.4. The van der Waals surface area contributed by atoms with Gasteiger partial charge < -0.3 is 10.1 Å². The van der Waals surface area contributed by atoms with Gasteiger partial charge in [-0.15, -0.1) is 11.8 Å². The van der Waals surface area contributed by atoms with E-state index in [1.54, 1.807) is 24.3 Å². The highest BCUT2D eigenvalue weighted by Gasteiger charge is 2.27. The van der Waals surface area contributed by atoms with Gasteiger partial charge in [0, 0.05) is 4.90 Å². The number of hydrogen-bond donors (Lipinski definition) is 1. The average Bonchev–Trinajstić information content (AvgIpc) is 2.66. The predicted octanol–water partition coefficient (Wildman–Crippen LogP) is 2.92. The number of para-hydroxylation sites is 2.